The number of hydrogen-bond acceptors (Lipinski definition) is 2. The van der Waals surface area contributed by atoms with Crippen LogP contribution >= 0.6 is 0 Å². The van der Waals surface area contributed by atoms with E-state index < -0.39 is 0 Å². The monoisotopic (exact) mass is 218 g/mol. The van der Waals surface area contributed by atoms with E-state index in [0.29, 0.717) is 22.9 Å². The molecule has 0 radical (unpaired) electrons. The molecular formula is C13H11FO2. The molecule has 0 saturated heterocycles. The van der Waals surface area contributed by atoms with Crippen LogP contribution in [0.2, 0.25) is 0 Å². The van der Waals surface area contributed by atoms with E-state index in [4.69, 9.17) is 4.74 Å². The molecular weight excluding hydrogens is 207 g/mol. The fourth-order valence-electron chi connectivity index (χ4n) is 1.64. The first-order chi connectivity index (χ1) is 7.72. The number of carbonyl (C=O) groups excluding carboxylic acids is 1. The number of benzene rings is 2. The highest BCUT2D eigenvalue weighted by atomic mass is 19.1. The lowest BCUT2D eigenvalue weighted by molar-refractivity contribution is 0.0528. The van der Waals surface area contributed by atoms with E-state index >= 15 is 0 Å². The van der Waals surface area contributed by atoms with E-state index in [1.165, 1.54) is 12.1 Å². The Morgan fingerprint density at radius 1 is 1.31 bits per heavy atom. The van der Waals surface area contributed by atoms with Crippen molar-refractivity contribution in [3.8, 4) is 0 Å². The third-order valence-electron chi connectivity index (χ3n) is 2.34. The molecule has 0 aliphatic rings. The zero-order chi connectivity index (χ0) is 11.5. The Morgan fingerprint density at radius 3 is 2.88 bits per heavy atom. The predicted octanol–water partition coefficient (Wildman–Crippen LogP) is 3.16. The number of hydrogen-bond donors (Lipinski definition) is 0. The molecule has 3 heteroatoms. The van der Waals surface area contributed by atoms with Gasteiger partial charge in [0.1, 0.15) is 5.82 Å². The number of fused-ring (bicyclic) bond motifs is 1. The highest BCUT2D eigenvalue weighted by molar-refractivity contribution is 6.04. The molecule has 2 aromatic rings. The highest BCUT2D eigenvalue weighted by Crippen LogP contribution is 2.20. The van der Waals surface area contributed by atoms with E-state index in [1.54, 1.807) is 31.2 Å². The second-order valence-corrected chi connectivity index (χ2v) is 3.39. The largest absolute Gasteiger partial charge is 0.462 e. The molecule has 0 heterocycles. The third-order valence-corrected chi connectivity index (χ3v) is 2.34. The Balaban J connectivity index is 2.58. The van der Waals surface area contributed by atoms with Crippen molar-refractivity contribution in [2.75, 3.05) is 6.61 Å². The first-order valence-corrected chi connectivity index (χ1v) is 5.08. The first-order valence-electron chi connectivity index (χ1n) is 5.08. The van der Waals surface area contributed by atoms with Gasteiger partial charge in [0.15, 0.2) is 0 Å². The van der Waals surface area contributed by atoms with Gasteiger partial charge in [-0.2, -0.15) is 0 Å². The van der Waals surface area contributed by atoms with Crippen LogP contribution in [0.5, 0.6) is 0 Å². The van der Waals surface area contributed by atoms with Crippen molar-refractivity contribution in [1.29, 1.82) is 0 Å². The predicted molar refractivity (Wildman–Crippen MR) is 59.9 cm³/mol. The number of carbonyl (C=O) groups is 1. The molecule has 0 spiro atoms. The van der Waals surface area contributed by atoms with Crippen molar-refractivity contribution in [3.63, 3.8) is 0 Å². The van der Waals surface area contributed by atoms with Gasteiger partial charge in [-0.05, 0) is 35.9 Å². The number of rotatable bonds is 2. The zero-order valence-electron chi connectivity index (χ0n) is 8.87. The van der Waals surface area contributed by atoms with Crippen molar-refractivity contribution in [2.45, 2.75) is 6.92 Å². The van der Waals surface area contributed by atoms with Crippen molar-refractivity contribution >= 4 is 16.7 Å². The summed E-state index contributed by atoms with van der Waals surface area (Å²) >= 11 is 0. The van der Waals surface area contributed by atoms with Gasteiger partial charge >= 0.3 is 5.97 Å². The zero-order valence-corrected chi connectivity index (χ0v) is 8.87. The van der Waals surface area contributed by atoms with E-state index in [2.05, 4.69) is 0 Å². The van der Waals surface area contributed by atoms with Crippen LogP contribution in [-0.2, 0) is 4.74 Å². The molecule has 0 amide bonds. The molecule has 2 nitrogen and oxygen atoms in total. The molecule has 82 valence electrons. The lowest BCUT2D eigenvalue weighted by Gasteiger charge is -2.05. The molecule has 16 heavy (non-hydrogen) atoms. The summed E-state index contributed by atoms with van der Waals surface area (Å²) < 4.78 is 17.9. The second-order valence-electron chi connectivity index (χ2n) is 3.39. The number of esters is 1. The molecule has 0 aromatic heterocycles. The van der Waals surface area contributed by atoms with Gasteiger partial charge < -0.3 is 4.74 Å². The third kappa shape index (κ3) is 1.89. The van der Waals surface area contributed by atoms with Crippen LogP contribution in [0.15, 0.2) is 36.4 Å². The lowest BCUT2D eigenvalue weighted by atomic mass is 10.0. The van der Waals surface area contributed by atoms with Crippen molar-refractivity contribution in [2.24, 2.45) is 0 Å². The topological polar surface area (TPSA) is 26.3 Å². The summed E-state index contributed by atoms with van der Waals surface area (Å²) in [7, 11) is 0. The van der Waals surface area contributed by atoms with Gasteiger partial charge in [0.05, 0.1) is 12.2 Å². The van der Waals surface area contributed by atoms with Gasteiger partial charge in [-0.1, -0.05) is 18.2 Å². The van der Waals surface area contributed by atoms with Crippen LogP contribution < -0.4 is 0 Å². The SMILES string of the molecule is CCOC(=O)c1cccc2cc(F)ccc12. The standard InChI is InChI=1S/C13H11FO2/c1-2-16-13(15)12-5-3-4-9-8-10(14)6-7-11(9)12/h3-8H,2H2,1H3. The molecule has 0 fully saturated rings. The number of halogens is 1. The Kier molecular flexibility index (Phi) is 2.86. The van der Waals surface area contributed by atoms with Gasteiger partial charge in [-0.25, -0.2) is 9.18 Å². The minimum absolute atomic E-state index is 0.312. The fraction of sp³-hybridized carbons (Fsp3) is 0.154. The average molecular weight is 218 g/mol. The van der Waals surface area contributed by atoms with E-state index in [0.717, 1.165) is 0 Å². The fourth-order valence-corrected chi connectivity index (χ4v) is 1.64. The smallest absolute Gasteiger partial charge is 0.338 e. The highest BCUT2D eigenvalue weighted by Gasteiger charge is 2.10. The first kappa shape index (κ1) is 10.6. The minimum atomic E-state index is -0.375. The maximum atomic E-state index is 13.0. The van der Waals surface area contributed by atoms with Gasteiger partial charge in [-0.3, -0.25) is 0 Å². The Morgan fingerprint density at radius 2 is 2.12 bits per heavy atom. The molecule has 0 saturated carbocycles. The molecule has 0 atom stereocenters. The second kappa shape index (κ2) is 4.31. The van der Waals surface area contributed by atoms with Crippen molar-refractivity contribution < 1.29 is 13.9 Å². The van der Waals surface area contributed by atoms with Crippen LogP contribution in [0.4, 0.5) is 4.39 Å². The summed E-state index contributed by atoms with van der Waals surface area (Å²) in [4.78, 5) is 11.6. The van der Waals surface area contributed by atoms with Crippen LogP contribution in [0, 0.1) is 5.82 Å². The lowest BCUT2D eigenvalue weighted by Crippen LogP contribution is -2.05. The summed E-state index contributed by atoms with van der Waals surface area (Å²) in [6.45, 7) is 2.08. The Hall–Kier alpha value is -1.90. The van der Waals surface area contributed by atoms with Crippen LogP contribution in [0.3, 0.4) is 0 Å². The van der Waals surface area contributed by atoms with E-state index in [-0.39, 0.29) is 11.8 Å². The normalized spacial score (nSPS) is 10.4. The number of ether oxygens (including phenoxy) is 1. The minimum Gasteiger partial charge on any atom is -0.462 e. The maximum Gasteiger partial charge on any atom is 0.338 e. The summed E-state index contributed by atoms with van der Waals surface area (Å²) in [6, 6.07) is 9.49. The van der Waals surface area contributed by atoms with E-state index in [1.807, 2.05) is 0 Å². The summed E-state index contributed by atoms with van der Waals surface area (Å²) in [6.07, 6.45) is 0. The summed E-state index contributed by atoms with van der Waals surface area (Å²) in [5, 5.41) is 1.41. The van der Waals surface area contributed by atoms with Gasteiger partial charge in [0.25, 0.3) is 0 Å². The molecule has 0 N–H and O–H groups in total. The van der Waals surface area contributed by atoms with E-state index in [9.17, 15) is 9.18 Å². The van der Waals surface area contributed by atoms with Gasteiger partial charge in [0.2, 0.25) is 0 Å². The molecule has 0 aliphatic carbocycles. The molecule has 0 unspecified atom stereocenters. The molecule has 2 rings (SSSR count). The van der Waals surface area contributed by atoms with Crippen LogP contribution in [0.1, 0.15) is 17.3 Å². The van der Waals surface area contributed by atoms with Crippen molar-refractivity contribution in [3.05, 3.63) is 47.8 Å². The van der Waals surface area contributed by atoms with Gasteiger partial charge in [-0.15, -0.1) is 0 Å². The van der Waals surface area contributed by atoms with Crippen molar-refractivity contribution in [1.82, 2.24) is 0 Å². The molecule has 2 aromatic carbocycles. The molecule has 0 bridgehead atoms. The molecule has 0 aliphatic heterocycles. The van der Waals surface area contributed by atoms with Crippen LogP contribution in [-0.4, -0.2) is 12.6 Å². The summed E-state index contributed by atoms with van der Waals surface area (Å²) in [5.41, 5.74) is 0.472. The maximum absolute atomic E-state index is 13.0. The average Bonchev–Trinajstić information content (AvgIpc) is 2.28. The van der Waals surface area contributed by atoms with Crippen LogP contribution in [0.25, 0.3) is 10.8 Å². The van der Waals surface area contributed by atoms with Gasteiger partial charge in [0, 0.05) is 0 Å². The quantitative estimate of drug-likeness (QED) is 0.724. The summed E-state index contributed by atoms with van der Waals surface area (Å²) in [5.74, 6) is -0.687. The Labute approximate surface area is 92.6 Å². The Bertz CT molecular complexity index is 534.